The van der Waals surface area contributed by atoms with Gasteiger partial charge in [-0.3, -0.25) is 9.59 Å². The third kappa shape index (κ3) is 4.70. The molecule has 154 valence electrons. The summed E-state index contributed by atoms with van der Waals surface area (Å²) in [5.74, 6) is -0.150. The lowest BCUT2D eigenvalue weighted by Gasteiger charge is -2.32. The first-order valence-electron chi connectivity index (χ1n) is 10.7. The predicted molar refractivity (Wildman–Crippen MR) is 119 cm³/mol. The zero-order valence-electron chi connectivity index (χ0n) is 17.1. The van der Waals surface area contributed by atoms with Gasteiger partial charge in [-0.1, -0.05) is 54.6 Å². The Labute approximate surface area is 177 Å². The molecule has 1 N–H and O–H groups in total. The van der Waals surface area contributed by atoms with Gasteiger partial charge in [0, 0.05) is 25.1 Å². The first kappa shape index (κ1) is 20.1. The molecule has 1 saturated heterocycles. The number of hydrogen-bond acceptors (Lipinski definition) is 2. The second-order valence-corrected chi connectivity index (χ2v) is 8.12. The summed E-state index contributed by atoms with van der Waals surface area (Å²) in [6.45, 7) is 1.55. The number of carboxylic acid groups (broad SMARTS) is 1. The van der Waals surface area contributed by atoms with Crippen molar-refractivity contribution in [2.75, 3.05) is 13.1 Å². The third-order valence-corrected chi connectivity index (χ3v) is 6.09. The Morgan fingerprint density at radius 1 is 0.900 bits per heavy atom. The van der Waals surface area contributed by atoms with Crippen LogP contribution in [0.25, 0.3) is 10.8 Å². The summed E-state index contributed by atoms with van der Waals surface area (Å²) in [6.07, 6.45) is 3.62. The summed E-state index contributed by atoms with van der Waals surface area (Å²) in [6, 6.07) is 22.6. The number of nitrogens with zero attached hydrogens (tertiary/aromatic N) is 1. The van der Waals surface area contributed by atoms with Crippen molar-refractivity contribution in [3.63, 3.8) is 0 Å². The molecule has 0 aromatic heterocycles. The normalized spacial score (nSPS) is 14.7. The molecule has 1 fully saturated rings. The smallest absolute Gasteiger partial charge is 0.303 e. The van der Waals surface area contributed by atoms with Crippen molar-refractivity contribution in [2.45, 2.75) is 38.0 Å². The number of aliphatic carboxylic acids is 1. The largest absolute Gasteiger partial charge is 0.481 e. The summed E-state index contributed by atoms with van der Waals surface area (Å²) in [7, 11) is 0. The van der Waals surface area contributed by atoms with Gasteiger partial charge in [0.1, 0.15) is 0 Å². The Hall–Kier alpha value is -3.14. The molecular weight excluding hydrogens is 374 g/mol. The standard InChI is InChI=1S/C26H27NO3/c28-25(29)7-3-4-19-8-10-21(11-9-19)22-14-16-27(17-15-22)26(30)24-13-12-20-5-1-2-6-23(20)18-24/h1-2,5-6,8-13,18,22H,3-4,7,14-17H2,(H,28,29). The molecule has 3 aromatic carbocycles. The second-order valence-electron chi connectivity index (χ2n) is 8.12. The van der Waals surface area contributed by atoms with E-state index >= 15 is 0 Å². The van der Waals surface area contributed by atoms with Crippen LogP contribution in [0.4, 0.5) is 0 Å². The number of amides is 1. The number of benzene rings is 3. The van der Waals surface area contributed by atoms with Crippen LogP contribution in [0.5, 0.6) is 0 Å². The summed E-state index contributed by atoms with van der Waals surface area (Å²) >= 11 is 0. The summed E-state index contributed by atoms with van der Waals surface area (Å²) in [4.78, 5) is 25.6. The van der Waals surface area contributed by atoms with Crippen LogP contribution < -0.4 is 0 Å². The molecule has 4 nitrogen and oxygen atoms in total. The number of carbonyl (C=O) groups excluding carboxylic acids is 1. The molecule has 4 rings (SSSR count). The number of hydrogen-bond donors (Lipinski definition) is 1. The fourth-order valence-electron chi connectivity index (χ4n) is 4.32. The number of carboxylic acids is 1. The van der Waals surface area contributed by atoms with Crippen molar-refractivity contribution >= 4 is 22.6 Å². The van der Waals surface area contributed by atoms with E-state index in [1.807, 2.05) is 41.3 Å². The van der Waals surface area contributed by atoms with E-state index in [4.69, 9.17) is 5.11 Å². The van der Waals surface area contributed by atoms with Gasteiger partial charge in [-0.15, -0.1) is 0 Å². The number of likely N-dealkylation sites (tertiary alicyclic amines) is 1. The highest BCUT2D eigenvalue weighted by atomic mass is 16.4. The minimum atomic E-state index is -0.739. The van der Waals surface area contributed by atoms with Crippen molar-refractivity contribution in [1.82, 2.24) is 4.90 Å². The van der Waals surface area contributed by atoms with Crippen LogP contribution in [0.2, 0.25) is 0 Å². The molecule has 3 aromatic rings. The lowest BCUT2D eigenvalue weighted by Crippen LogP contribution is -2.37. The Morgan fingerprint density at radius 2 is 1.60 bits per heavy atom. The molecule has 0 unspecified atom stereocenters. The topological polar surface area (TPSA) is 57.6 Å². The van der Waals surface area contributed by atoms with Crippen LogP contribution in [0, 0.1) is 0 Å². The molecule has 0 bridgehead atoms. The Morgan fingerprint density at radius 3 is 2.30 bits per heavy atom. The van der Waals surface area contributed by atoms with Gasteiger partial charge in [-0.2, -0.15) is 0 Å². The van der Waals surface area contributed by atoms with Crippen LogP contribution in [0.15, 0.2) is 66.7 Å². The van der Waals surface area contributed by atoms with Gasteiger partial charge in [0.25, 0.3) is 5.91 Å². The zero-order valence-corrected chi connectivity index (χ0v) is 17.1. The molecule has 1 aliphatic rings. The highest BCUT2D eigenvalue weighted by Gasteiger charge is 2.24. The quantitative estimate of drug-likeness (QED) is 0.612. The molecule has 1 heterocycles. The van der Waals surface area contributed by atoms with E-state index in [1.54, 1.807) is 0 Å². The average Bonchev–Trinajstić information content (AvgIpc) is 2.78. The van der Waals surface area contributed by atoms with Crippen molar-refractivity contribution in [3.8, 4) is 0 Å². The van der Waals surface area contributed by atoms with Gasteiger partial charge in [-0.25, -0.2) is 0 Å². The number of aryl methyl sites for hydroxylation is 1. The molecule has 0 spiro atoms. The van der Waals surface area contributed by atoms with E-state index in [9.17, 15) is 9.59 Å². The van der Waals surface area contributed by atoms with Gasteiger partial charge < -0.3 is 10.0 Å². The Kier molecular flexibility index (Phi) is 6.12. The molecule has 1 amide bonds. The highest BCUT2D eigenvalue weighted by Crippen LogP contribution is 2.29. The molecular formula is C26H27NO3. The summed E-state index contributed by atoms with van der Waals surface area (Å²) < 4.78 is 0. The van der Waals surface area contributed by atoms with E-state index in [-0.39, 0.29) is 12.3 Å². The Balaban J connectivity index is 1.33. The highest BCUT2D eigenvalue weighted by molar-refractivity contribution is 5.98. The molecule has 0 radical (unpaired) electrons. The molecule has 0 aliphatic carbocycles. The minimum absolute atomic E-state index is 0.119. The number of piperidine rings is 1. The van der Waals surface area contributed by atoms with E-state index in [0.717, 1.165) is 48.7 Å². The molecule has 30 heavy (non-hydrogen) atoms. The van der Waals surface area contributed by atoms with Crippen molar-refractivity contribution < 1.29 is 14.7 Å². The van der Waals surface area contributed by atoms with Crippen LogP contribution >= 0.6 is 0 Å². The number of rotatable bonds is 6. The second kappa shape index (κ2) is 9.12. The third-order valence-electron chi connectivity index (χ3n) is 6.09. The number of carbonyl (C=O) groups is 2. The van der Waals surface area contributed by atoms with E-state index in [2.05, 4.69) is 30.3 Å². The van der Waals surface area contributed by atoms with Gasteiger partial charge in [0.15, 0.2) is 0 Å². The van der Waals surface area contributed by atoms with E-state index in [0.29, 0.717) is 12.3 Å². The van der Waals surface area contributed by atoms with Crippen LogP contribution in [0.3, 0.4) is 0 Å². The van der Waals surface area contributed by atoms with Gasteiger partial charge in [0.2, 0.25) is 0 Å². The molecule has 0 atom stereocenters. The predicted octanol–water partition coefficient (Wildman–Crippen LogP) is 5.27. The fourth-order valence-corrected chi connectivity index (χ4v) is 4.32. The Bertz CT molecular complexity index is 1030. The van der Waals surface area contributed by atoms with Crippen LogP contribution in [0.1, 0.15) is 53.1 Å². The monoisotopic (exact) mass is 401 g/mol. The fraction of sp³-hybridized carbons (Fsp3) is 0.308. The zero-order chi connectivity index (χ0) is 20.9. The van der Waals surface area contributed by atoms with Gasteiger partial charge in [0.05, 0.1) is 0 Å². The molecule has 0 saturated carbocycles. The lowest BCUT2D eigenvalue weighted by molar-refractivity contribution is -0.137. The lowest BCUT2D eigenvalue weighted by atomic mass is 9.88. The van der Waals surface area contributed by atoms with Crippen molar-refractivity contribution in [2.24, 2.45) is 0 Å². The van der Waals surface area contributed by atoms with Crippen LogP contribution in [-0.2, 0) is 11.2 Å². The maximum atomic E-state index is 13.0. The van der Waals surface area contributed by atoms with Gasteiger partial charge in [-0.05, 0) is 65.6 Å². The van der Waals surface area contributed by atoms with E-state index in [1.165, 1.54) is 11.1 Å². The summed E-state index contributed by atoms with van der Waals surface area (Å²) in [5.41, 5.74) is 3.26. The first-order valence-corrected chi connectivity index (χ1v) is 10.7. The van der Waals surface area contributed by atoms with Crippen molar-refractivity contribution in [1.29, 1.82) is 0 Å². The number of fused-ring (bicyclic) bond motifs is 1. The minimum Gasteiger partial charge on any atom is -0.481 e. The molecule has 1 aliphatic heterocycles. The molecule has 4 heteroatoms. The average molecular weight is 402 g/mol. The SMILES string of the molecule is O=C(O)CCCc1ccc(C2CCN(C(=O)c3ccc4ccccc4c3)CC2)cc1. The maximum Gasteiger partial charge on any atom is 0.303 e. The van der Waals surface area contributed by atoms with E-state index < -0.39 is 5.97 Å². The van der Waals surface area contributed by atoms with Gasteiger partial charge >= 0.3 is 5.97 Å². The maximum absolute atomic E-state index is 13.0. The summed E-state index contributed by atoms with van der Waals surface area (Å²) in [5, 5.41) is 11.0. The van der Waals surface area contributed by atoms with Crippen molar-refractivity contribution in [3.05, 3.63) is 83.4 Å². The first-order chi connectivity index (χ1) is 14.6. The van der Waals surface area contributed by atoms with Crippen LogP contribution in [-0.4, -0.2) is 35.0 Å².